The molecule has 0 saturated carbocycles. The second kappa shape index (κ2) is 11.4. The van der Waals surface area contributed by atoms with Gasteiger partial charge in [-0.1, -0.05) is 42.5 Å². The van der Waals surface area contributed by atoms with Crippen molar-refractivity contribution in [3.8, 4) is 11.4 Å². The summed E-state index contributed by atoms with van der Waals surface area (Å²) in [5.41, 5.74) is 4.75. The lowest BCUT2D eigenvalue weighted by atomic mass is 10.1. The molecule has 1 aliphatic heterocycles. The minimum atomic E-state index is 0.576. The van der Waals surface area contributed by atoms with Crippen LogP contribution in [0.25, 0.3) is 11.4 Å². The summed E-state index contributed by atoms with van der Waals surface area (Å²) in [4.78, 5) is 11.5. The van der Waals surface area contributed by atoms with Crippen molar-refractivity contribution in [2.75, 3.05) is 32.8 Å². The zero-order valence-corrected chi connectivity index (χ0v) is 18.6. The van der Waals surface area contributed by atoms with Gasteiger partial charge >= 0.3 is 0 Å². The number of ether oxygens (including phenoxy) is 1. The molecule has 1 saturated heterocycles. The number of aromatic amines is 1. The SMILES string of the molecule is CCNC(=NCc1cccc(-c2ncn[nH]2)c1)NCc1ccccc1CN1CCOCC1. The van der Waals surface area contributed by atoms with Crippen molar-refractivity contribution in [1.29, 1.82) is 0 Å². The first-order valence-electron chi connectivity index (χ1n) is 11.2. The quantitative estimate of drug-likeness (QED) is 0.374. The van der Waals surface area contributed by atoms with Crippen LogP contribution in [0.15, 0.2) is 59.9 Å². The Hall–Kier alpha value is -3.23. The molecule has 2 heterocycles. The Morgan fingerprint density at radius 3 is 2.72 bits per heavy atom. The normalized spacial score (nSPS) is 15.0. The van der Waals surface area contributed by atoms with Crippen LogP contribution >= 0.6 is 0 Å². The van der Waals surface area contributed by atoms with Gasteiger partial charge in [0.2, 0.25) is 0 Å². The topological polar surface area (TPSA) is 90.5 Å². The summed E-state index contributed by atoms with van der Waals surface area (Å²) in [7, 11) is 0. The van der Waals surface area contributed by atoms with Gasteiger partial charge in [0.15, 0.2) is 11.8 Å². The molecule has 0 bridgehead atoms. The smallest absolute Gasteiger partial charge is 0.191 e. The second-order valence-electron chi connectivity index (χ2n) is 7.74. The summed E-state index contributed by atoms with van der Waals surface area (Å²) in [6.45, 7) is 8.73. The van der Waals surface area contributed by atoms with Crippen LogP contribution < -0.4 is 10.6 Å². The molecule has 0 aliphatic carbocycles. The first kappa shape index (κ1) is 22.0. The van der Waals surface area contributed by atoms with Crippen LogP contribution in [-0.2, 0) is 24.4 Å². The number of hydrogen-bond donors (Lipinski definition) is 3. The van der Waals surface area contributed by atoms with Crippen LogP contribution in [0.3, 0.4) is 0 Å². The molecule has 168 valence electrons. The second-order valence-corrected chi connectivity index (χ2v) is 7.74. The number of guanidine groups is 1. The Bertz CT molecular complexity index is 997. The lowest BCUT2D eigenvalue weighted by molar-refractivity contribution is 0.0341. The van der Waals surface area contributed by atoms with Crippen molar-refractivity contribution in [2.45, 2.75) is 26.6 Å². The zero-order chi connectivity index (χ0) is 22.0. The van der Waals surface area contributed by atoms with E-state index in [1.807, 2.05) is 12.1 Å². The summed E-state index contributed by atoms with van der Waals surface area (Å²) in [5.74, 6) is 1.57. The Kier molecular flexibility index (Phi) is 7.84. The molecule has 4 rings (SSSR count). The first-order valence-corrected chi connectivity index (χ1v) is 11.2. The Labute approximate surface area is 189 Å². The molecule has 8 nitrogen and oxygen atoms in total. The van der Waals surface area contributed by atoms with Crippen molar-refractivity contribution in [3.05, 3.63) is 71.5 Å². The number of nitrogens with zero attached hydrogens (tertiary/aromatic N) is 4. The highest BCUT2D eigenvalue weighted by Crippen LogP contribution is 2.16. The lowest BCUT2D eigenvalue weighted by Crippen LogP contribution is -2.38. The average molecular weight is 434 g/mol. The number of aliphatic imine (C=N–C) groups is 1. The van der Waals surface area contributed by atoms with Crippen LogP contribution in [-0.4, -0.2) is 58.9 Å². The van der Waals surface area contributed by atoms with Crippen LogP contribution in [0, 0.1) is 0 Å². The largest absolute Gasteiger partial charge is 0.379 e. The third kappa shape index (κ3) is 6.15. The highest BCUT2D eigenvalue weighted by molar-refractivity contribution is 5.79. The van der Waals surface area contributed by atoms with E-state index >= 15 is 0 Å². The molecule has 0 spiro atoms. The molecular weight excluding hydrogens is 402 g/mol. The predicted octanol–water partition coefficient (Wildman–Crippen LogP) is 2.56. The van der Waals surface area contributed by atoms with Gasteiger partial charge in [-0.05, 0) is 29.7 Å². The van der Waals surface area contributed by atoms with Gasteiger partial charge in [-0.25, -0.2) is 9.98 Å². The van der Waals surface area contributed by atoms with Crippen molar-refractivity contribution in [3.63, 3.8) is 0 Å². The van der Waals surface area contributed by atoms with Crippen molar-refractivity contribution in [1.82, 2.24) is 30.7 Å². The van der Waals surface area contributed by atoms with Crippen LogP contribution in [0.5, 0.6) is 0 Å². The number of morpholine rings is 1. The van der Waals surface area contributed by atoms with Crippen molar-refractivity contribution in [2.24, 2.45) is 4.99 Å². The average Bonchev–Trinajstić information content (AvgIpc) is 3.38. The molecule has 2 aromatic carbocycles. The Balaban J connectivity index is 1.40. The van der Waals surface area contributed by atoms with Gasteiger partial charge in [-0.15, -0.1) is 0 Å². The zero-order valence-electron chi connectivity index (χ0n) is 18.6. The monoisotopic (exact) mass is 433 g/mol. The molecule has 0 unspecified atom stereocenters. The third-order valence-corrected chi connectivity index (χ3v) is 5.44. The molecule has 3 N–H and O–H groups in total. The number of aromatic nitrogens is 3. The van der Waals surface area contributed by atoms with Gasteiger partial charge in [0.25, 0.3) is 0 Å². The predicted molar refractivity (Wildman–Crippen MR) is 126 cm³/mol. The fourth-order valence-corrected chi connectivity index (χ4v) is 3.74. The van der Waals surface area contributed by atoms with Crippen LogP contribution in [0.1, 0.15) is 23.6 Å². The Morgan fingerprint density at radius 1 is 1.09 bits per heavy atom. The molecule has 1 fully saturated rings. The maximum atomic E-state index is 5.48. The number of benzene rings is 2. The highest BCUT2D eigenvalue weighted by Gasteiger charge is 2.13. The van der Waals surface area contributed by atoms with E-state index in [0.717, 1.165) is 68.8 Å². The summed E-state index contributed by atoms with van der Waals surface area (Å²) >= 11 is 0. The van der Waals surface area contributed by atoms with Gasteiger partial charge in [0.1, 0.15) is 6.33 Å². The standard InChI is InChI=1S/C24H31N7O/c1-2-25-24(26-15-19-6-5-9-20(14-19)23-28-18-29-30-23)27-16-21-7-3-4-8-22(21)17-31-10-12-32-13-11-31/h3-9,14,18H,2,10-13,15-17H2,1H3,(H2,25,26,27)(H,28,29,30). The van der Waals surface area contributed by atoms with E-state index in [0.29, 0.717) is 6.54 Å². The molecule has 1 aromatic heterocycles. The van der Waals surface area contributed by atoms with E-state index in [2.05, 4.69) is 74.0 Å². The summed E-state index contributed by atoms with van der Waals surface area (Å²) in [6, 6.07) is 16.8. The lowest BCUT2D eigenvalue weighted by Gasteiger charge is -2.27. The Morgan fingerprint density at radius 2 is 1.94 bits per heavy atom. The van der Waals surface area contributed by atoms with Gasteiger partial charge in [0, 0.05) is 38.3 Å². The molecule has 32 heavy (non-hydrogen) atoms. The van der Waals surface area contributed by atoms with E-state index in [9.17, 15) is 0 Å². The minimum Gasteiger partial charge on any atom is -0.379 e. The highest BCUT2D eigenvalue weighted by atomic mass is 16.5. The molecule has 3 aromatic rings. The summed E-state index contributed by atoms with van der Waals surface area (Å²) in [6.07, 6.45) is 1.52. The van der Waals surface area contributed by atoms with Crippen molar-refractivity contribution >= 4 is 5.96 Å². The van der Waals surface area contributed by atoms with E-state index in [1.165, 1.54) is 17.5 Å². The fourth-order valence-electron chi connectivity index (χ4n) is 3.74. The number of rotatable bonds is 8. The fraction of sp³-hybridized carbons (Fsp3) is 0.375. The van der Waals surface area contributed by atoms with Gasteiger partial charge in [0.05, 0.1) is 19.8 Å². The maximum Gasteiger partial charge on any atom is 0.191 e. The molecule has 1 aliphatic rings. The minimum absolute atomic E-state index is 0.576. The van der Waals surface area contributed by atoms with Gasteiger partial charge in [-0.2, -0.15) is 5.10 Å². The van der Waals surface area contributed by atoms with E-state index in [-0.39, 0.29) is 0 Å². The van der Waals surface area contributed by atoms with E-state index < -0.39 is 0 Å². The number of hydrogen-bond acceptors (Lipinski definition) is 5. The van der Waals surface area contributed by atoms with E-state index in [1.54, 1.807) is 0 Å². The maximum absolute atomic E-state index is 5.48. The third-order valence-electron chi connectivity index (χ3n) is 5.44. The molecule has 0 amide bonds. The van der Waals surface area contributed by atoms with Crippen LogP contribution in [0.2, 0.25) is 0 Å². The first-order chi connectivity index (χ1) is 15.8. The molecule has 0 radical (unpaired) electrons. The van der Waals surface area contributed by atoms with Gasteiger partial charge < -0.3 is 15.4 Å². The van der Waals surface area contributed by atoms with Crippen molar-refractivity contribution < 1.29 is 4.74 Å². The molecule has 0 atom stereocenters. The summed E-state index contributed by atoms with van der Waals surface area (Å²) < 4.78 is 5.48. The number of H-pyrrole nitrogens is 1. The van der Waals surface area contributed by atoms with Gasteiger partial charge in [-0.3, -0.25) is 10.00 Å². The van der Waals surface area contributed by atoms with Crippen LogP contribution in [0.4, 0.5) is 0 Å². The number of nitrogens with one attached hydrogen (secondary N) is 3. The van der Waals surface area contributed by atoms with E-state index in [4.69, 9.17) is 9.73 Å². The molecule has 8 heteroatoms. The molecular formula is C24H31N7O. The summed E-state index contributed by atoms with van der Waals surface area (Å²) in [5, 5.41) is 13.7.